The molecular weight excluding hydrogens is 351 g/mol. The van der Waals surface area contributed by atoms with Crippen LogP contribution in [0.15, 0.2) is 18.2 Å². The molecule has 0 saturated carbocycles. The fraction of sp³-hybridized carbons (Fsp3) is 0.600. The second-order valence-corrected chi connectivity index (χ2v) is 7.28. The van der Waals surface area contributed by atoms with Gasteiger partial charge >= 0.3 is 0 Å². The lowest BCUT2D eigenvalue weighted by molar-refractivity contribution is -0.134. The Balaban J connectivity index is 1.62. The van der Waals surface area contributed by atoms with Gasteiger partial charge in [-0.2, -0.15) is 0 Å². The molecule has 0 aliphatic carbocycles. The molecular formula is C20H27FN2O4. The van der Waals surface area contributed by atoms with Gasteiger partial charge in [-0.25, -0.2) is 4.39 Å². The smallest absolute Gasteiger partial charge is 0.234 e. The van der Waals surface area contributed by atoms with Crippen LogP contribution >= 0.6 is 0 Å². The lowest BCUT2D eigenvalue weighted by atomic mass is 9.89. The van der Waals surface area contributed by atoms with Crippen LogP contribution < -0.4 is 10.2 Å². The van der Waals surface area contributed by atoms with E-state index in [4.69, 9.17) is 9.47 Å². The summed E-state index contributed by atoms with van der Waals surface area (Å²) in [6.45, 7) is 1.55. The van der Waals surface area contributed by atoms with E-state index >= 15 is 0 Å². The summed E-state index contributed by atoms with van der Waals surface area (Å²) in [5.41, 5.74) is 1.19. The minimum atomic E-state index is -0.461. The third-order valence-corrected chi connectivity index (χ3v) is 5.62. The molecule has 0 radical (unpaired) electrons. The number of carbonyl (C=O) groups is 2. The van der Waals surface area contributed by atoms with Crippen molar-refractivity contribution in [3.05, 3.63) is 29.6 Å². The Morgan fingerprint density at radius 2 is 1.89 bits per heavy atom. The van der Waals surface area contributed by atoms with Gasteiger partial charge in [-0.15, -0.1) is 0 Å². The predicted octanol–water partition coefficient (Wildman–Crippen LogP) is 2.57. The molecule has 1 N–H and O–H groups in total. The first-order valence-electron chi connectivity index (χ1n) is 9.45. The molecule has 7 heteroatoms. The van der Waals surface area contributed by atoms with Gasteiger partial charge in [-0.1, -0.05) is 6.07 Å². The van der Waals surface area contributed by atoms with Crippen molar-refractivity contribution in [1.29, 1.82) is 0 Å². The summed E-state index contributed by atoms with van der Waals surface area (Å²) in [7, 11) is 3.28. The normalized spacial score (nSPS) is 21.6. The fourth-order valence-electron chi connectivity index (χ4n) is 3.98. The van der Waals surface area contributed by atoms with Gasteiger partial charge in [0.05, 0.1) is 11.6 Å². The van der Waals surface area contributed by atoms with Gasteiger partial charge in [0.1, 0.15) is 5.82 Å². The summed E-state index contributed by atoms with van der Waals surface area (Å²) >= 11 is 0. The van der Waals surface area contributed by atoms with Crippen molar-refractivity contribution in [3.63, 3.8) is 0 Å². The van der Waals surface area contributed by atoms with Crippen LogP contribution in [0.1, 0.15) is 43.6 Å². The van der Waals surface area contributed by atoms with Crippen LogP contribution in [0.25, 0.3) is 0 Å². The molecule has 2 heterocycles. The summed E-state index contributed by atoms with van der Waals surface area (Å²) in [5.74, 6) is -0.887. The molecule has 2 aliphatic heterocycles. The number of rotatable bonds is 6. The average molecular weight is 378 g/mol. The molecule has 3 rings (SSSR count). The van der Waals surface area contributed by atoms with Crippen LogP contribution in [0.5, 0.6) is 0 Å². The van der Waals surface area contributed by atoms with E-state index in [1.165, 1.54) is 6.07 Å². The van der Waals surface area contributed by atoms with E-state index < -0.39 is 5.92 Å². The molecule has 2 saturated heterocycles. The molecule has 1 aromatic rings. The molecule has 1 unspecified atom stereocenters. The Bertz CT molecular complexity index is 685. The number of ether oxygens (including phenoxy) is 2. The van der Waals surface area contributed by atoms with Crippen molar-refractivity contribution in [2.24, 2.45) is 5.92 Å². The monoisotopic (exact) mass is 378 g/mol. The van der Waals surface area contributed by atoms with E-state index in [9.17, 15) is 14.0 Å². The van der Waals surface area contributed by atoms with E-state index in [-0.39, 0.29) is 30.3 Å². The second-order valence-electron chi connectivity index (χ2n) is 7.28. The van der Waals surface area contributed by atoms with E-state index in [0.717, 1.165) is 32.4 Å². The minimum absolute atomic E-state index is 0.189. The first-order valence-corrected chi connectivity index (χ1v) is 9.45. The van der Waals surface area contributed by atoms with Crippen molar-refractivity contribution in [3.8, 4) is 0 Å². The quantitative estimate of drug-likeness (QED) is 0.609. The van der Waals surface area contributed by atoms with Gasteiger partial charge in [0, 0.05) is 40.2 Å². The summed E-state index contributed by atoms with van der Waals surface area (Å²) in [5, 5.41) is 2.32. The number of methoxy groups -OCH3 is 2. The second kappa shape index (κ2) is 8.80. The van der Waals surface area contributed by atoms with E-state index in [1.807, 2.05) is 0 Å². The van der Waals surface area contributed by atoms with Gasteiger partial charge in [0.15, 0.2) is 6.29 Å². The zero-order valence-corrected chi connectivity index (χ0v) is 15.9. The van der Waals surface area contributed by atoms with Crippen LogP contribution in [0.4, 0.5) is 10.1 Å². The number of carbonyl (C=O) groups excluding carboxylic acids is 2. The van der Waals surface area contributed by atoms with Crippen LogP contribution in [0.3, 0.4) is 0 Å². The third kappa shape index (κ3) is 4.65. The Labute approximate surface area is 159 Å². The zero-order valence-electron chi connectivity index (χ0n) is 15.9. The van der Waals surface area contributed by atoms with E-state index in [2.05, 4.69) is 10.2 Å². The van der Waals surface area contributed by atoms with Crippen LogP contribution in [0, 0.1) is 11.7 Å². The highest BCUT2D eigenvalue weighted by Gasteiger charge is 2.29. The molecule has 2 amide bonds. The summed E-state index contributed by atoms with van der Waals surface area (Å²) in [6, 6.07) is 4.99. The summed E-state index contributed by atoms with van der Waals surface area (Å²) < 4.78 is 25.3. The summed E-state index contributed by atoms with van der Waals surface area (Å²) in [4.78, 5) is 25.3. The van der Waals surface area contributed by atoms with Crippen molar-refractivity contribution < 1.29 is 23.5 Å². The molecule has 148 valence electrons. The van der Waals surface area contributed by atoms with Crippen LogP contribution in [-0.4, -0.2) is 45.4 Å². The van der Waals surface area contributed by atoms with Gasteiger partial charge in [0.2, 0.25) is 11.8 Å². The molecule has 6 nitrogen and oxygen atoms in total. The Morgan fingerprint density at radius 3 is 2.48 bits per heavy atom. The molecule has 0 aromatic heterocycles. The number of halogens is 1. The molecule has 1 atom stereocenters. The molecule has 2 fully saturated rings. The first-order chi connectivity index (χ1) is 13.0. The topological polar surface area (TPSA) is 67.9 Å². The van der Waals surface area contributed by atoms with Gasteiger partial charge in [-0.3, -0.25) is 14.9 Å². The van der Waals surface area contributed by atoms with Crippen molar-refractivity contribution in [2.75, 3.05) is 32.2 Å². The maximum absolute atomic E-state index is 14.7. The minimum Gasteiger partial charge on any atom is -0.369 e. The summed E-state index contributed by atoms with van der Waals surface area (Å²) in [6.07, 6.45) is 3.28. The third-order valence-electron chi connectivity index (χ3n) is 5.62. The number of piperidine rings is 2. The lowest BCUT2D eigenvalue weighted by Gasteiger charge is -2.35. The Morgan fingerprint density at radius 1 is 1.19 bits per heavy atom. The van der Waals surface area contributed by atoms with Crippen LogP contribution in [0.2, 0.25) is 0 Å². The number of amides is 2. The number of anilines is 1. The number of benzene rings is 1. The standard InChI is InChI=1S/C20H27FN2O4/c1-26-19(27-2)11-13-7-9-23(10-8-13)17-5-3-14(12-16(17)21)15-4-6-18(24)22-20(15)25/h3,5,12-13,15,19H,4,6-11H2,1-2H3,(H,22,24,25). The molecule has 1 aromatic carbocycles. The highest BCUT2D eigenvalue weighted by Crippen LogP contribution is 2.32. The lowest BCUT2D eigenvalue weighted by Crippen LogP contribution is -2.39. The molecule has 0 spiro atoms. The molecule has 27 heavy (non-hydrogen) atoms. The Kier molecular flexibility index (Phi) is 6.44. The predicted molar refractivity (Wildman–Crippen MR) is 98.9 cm³/mol. The fourth-order valence-corrected chi connectivity index (χ4v) is 3.98. The highest BCUT2D eigenvalue weighted by atomic mass is 19.1. The maximum atomic E-state index is 14.7. The van der Waals surface area contributed by atoms with Crippen molar-refractivity contribution in [2.45, 2.75) is 44.3 Å². The number of nitrogens with zero attached hydrogens (tertiary/aromatic N) is 1. The SMILES string of the molecule is COC(CC1CCN(c2ccc(C3CCC(=O)NC3=O)cc2F)CC1)OC. The maximum Gasteiger partial charge on any atom is 0.234 e. The van der Waals surface area contributed by atoms with Gasteiger partial charge < -0.3 is 14.4 Å². The average Bonchev–Trinajstić information content (AvgIpc) is 2.66. The van der Waals surface area contributed by atoms with Gasteiger partial charge in [-0.05, 0) is 42.9 Å². The molecule has 2 aliphatic rings. The van der Waals surface area contributed by atoms with Crippen molar-refractivity contribution >= 4 is 17.5 Å². The van der Waals surface area contributed by atoms with Crippen LogP contribution in [-0.2, 0) is 19.1 Å². The van der Waals surface area contributed by atoms with Gasteiger partial charge in [0.25, 0.3) is 0 Å². The Hall–Kier alpha value is -1.99. The molecule has 0 bridgehead atoms. The first kappa shape index (κ1) is 19.8. The van der Waals surface area contributed by atoms with E-state index in [0.29, 0.717) is 23.6 Å². The number of hydrogen-bond donors (Lipinski definition) is 1. The van der Waals surface area contributed by atoms with Crippen molar-refractivity contribution in [1.82, 2.24) is 5.32 Å². The largest absolute Gasteiger partial charge is 0.369 e. The zero-order chi connectivity index (χ0) is 19.4. The number of imide groups is 1. The number of hydrogen-bond acceptors (Lipinski definition) is 5. The van der Waals surface area contributed by atoms with E-state index in [1.54, 1.807) is 26.4 Å². The highest BCUT2D eigenvalue weighted by molar-refractivity contribution is 6.00. The number of nitrogens with one attached hydrogen (secondary N) is 1.